The molecule has 0 aliphatic carbocycles. The molecule has 1 unspecified atom stereocenters. The minimum absolute atomic E-state index is 0.585. The Bertz CT molecular complexity index is 648. The van der Waals surface area contributed by atoms with Gasteiger partial charge in [-0.25, -0.2) is 0 Å². The Hall–Kier alpha value is 1.80. The third-order valence-electron chi connectivity index (χ3n) is 3.21. The highest BCUT2D eigenvalue weighted by Crippen LogP contribution is 2.66. The first-order valence-electron chi connectivity index (χ1n) is 6.06. The van der Waals surface area contributed by atoms with Gasteiger partial charge in [0.1, 0.15) is 7.56 Å². The highest BCUT2D eigenvalue weighted by Gasteiger charge is 2.59. The van der Waals surface area contributed by atoms with Crippen molar-refractivity contribution in [3.8, 4) is 0 Å². The summed E-state index contributed by atoms with van der Waals surface area (Å²) >= 11 is 26.3. The van der Waals surface area contributed by atoms with E-state index >= 15 is 0 Å². The van der Waals surface area contributed by atoms with Crippen LogP contribution in [0, 0.1) is 0 Å². The maximum absolute atomic E-state index is 4.00. The van der Waals surface area contributed by atoms with Crippen LogP contribution in [0.25, 0.3) is 0 Å². The van der Waals surface area contributed by atoms with Crippen molar-refractivity contribution in [3.63, 3.8) is 0 Å². The van der Waals surface area contributed by atoms with Crippen molar-refractivity contribution < 1.29 is 0 Å². The van der Waals surface area contributed by atoms with Crippen LogP contribution in [0.3, 0.4) is 0 Å². The molecular formula is C15H9Br7. The molecule has 0 saturated heterocycles. The zero-order valence-corrected chi connectivity index (χ0v) is 21.9. The fourth-order valence-electron chi connectivity index (χ4n) is 2.11. The second-order valence-electron chi connectivity index (χ2n) is 4.58. The second kappa shape index (κ2) is 7.58. The third-order valence-corrected chi connectivity index (χ3v) is 13.8. The smallest absolute Gasteiger partial charge is 0.0722 e. The van der Waals surface area contributed by atoms with E-state index in [0.717, 1.165) is 15.6 Å². The van der Waals surface area contributed by atoms with Gasteiger partial charge in [0.25, 0.3) is 0 Å². The lowest BCUT2D eigenvalue weighted by Gasteiger charge is -2.45. The molecule has 118 valence electrons. The van der Waals surface area contributed by atoms with Gasteiger partial charge in [0.2, 0.25) is 0 Å². The van der Waals surface area contributed by atoms with Gasteiger partial charge in [-0.05, 0) is 17.2 Å². The van der Waals surface area contributed by atoms with E-state index in [0.29, 0.717) is 0 Å². The number of alkyl halides is 6. The van der Waals surface area contributed by atoms with E-state index in [1.54, 1.807) is 0 Å². The lowest BCUT2D eigenvalue weighted by molar-refractivity contribution is 0.706. The van der Waals surface area contributed by atoms with E-state index in [1.165, 1.54) is 0 Å². The van der Waals surface area contributed by atoms with Gasteiger partial charge < -0.3 is 0 Å². The lowest BCUT2D eigenvalue weighted by atomic mass is 9.88. The SMILES string of the molecule is Brc1ccccc1C(Br)(c1ccccc1)C(Br)(Br)C(Br)(Br)Br. The molecule has 2 aromatic carbocycles. The Labute approximate surface area is 189 Å². The van der Waals surface area contributed by atoms with Gasteiger partial charge in [0.05, 0.1) is 0 Å². The van der Waals surface area contributed by atoms with Crippen molar-refractivity contribution in [2.45, 2.75) is 9.70 Å². The number of rotatable bonds is 3. The molecule has 0 nitrogen and oxygen atoms in total. The molecule has 7 heteroatoms. The van der Waals surface area contributed by atoms with Crippen molar-refractivity contribution >= 4 is 112 Å². The van der Waals surface area contributed by atoms with Gasteiger partial charge in [-0.15, -0.1) is 0 Å². The lowest BCUT2D eigenvalue weighted by Crippen LogP contribution is -2.47. The molecule has 2 rings (SSSR count). The molecule has 0 amide bonds. The van der Waals surface area contributed by atoms with E-state index in [-0.39, 0.29) is 0 Å². The fourth-order valence-corrected chi connectivity index (χ4v) is 6.44. The number of hydrogen-bond donors (Lipinski definition) is 0. The van der Waals surface area contributed by atoms with Crippen LogP contribution in [0.1, 0.15) is 11.1 Å². The Morgan fingerprint density at radius 1 is 0.636 bits per heavy atom. The molecule has 0 aromatic heterocycles. The molecule has 0 aliphatic rings. The molecule has 0 radical (unpaired) electrons. The minimum atomic E-state index is -0.648. The summed E-state index contributed by atoms with van der Waals surface area (Å²) in [5.74, 6) is 0. The highest BCUT2D eigenvalue weighted by atomic mass is 80.0. The van der Waals surface area contributed by atoms with E-state index in [4.69, 9.17) is 0 Å². The van der Waals surface area contributed by atoms with E-state index < -0.39 is 9.70 Å². The summed E-state index contributed by atoms with van der Waals surface area (Å²) in [4.78, 5) is 0. The van der Waals surface area contributed by atoms with Crippen molar-refractivity contribution in [2.75, 3.05) is 0 Å². The van der Waals surface area contributed by atoms with Crippen molar-refractivity contribution in [2.24, 2.45) is 0 Å². The van der Waals surface area contributed by atoms with Crippen molar-refractivity contribution in [1.82, 2.24) is 0 Å². The molecule has 0 aliphatic heterocycles. The summed E-state index contributed by atoms with van der Waals surface area (Å²) < 4.78 is -0.840. The summed E-state index contributed by atoms with van der Waals surface area (Å²) in [7, 11) is 0. The summed E-state index contributed by atoms with van der Waals surface area (Å²) in [5, 5.41) is 0. The van der Waals surface area contributed by atoms with Crippen LogP contribution in [0.15, 0.2) is 59.1 Å². The maximum Gasteiger partial charge on any atom is 0.161 e. The second-order valence-corrected chi connectivity index (χ2v) is 16.8. The number of hydrogen-bond acceptors (Lipinski definition) is 0. The van der Waals surface area contributed by atoms with Crippen LogP contribution >= 0.6 is 112 Å². The summed E-state index contributed by atoms with van der Waals surface area (Å²) in [6.45, 7) is 0. The van der Waals surface area contributed by atoms with Gasteiger partial charge in [-0.1, -0.05) is 160 Å². The minimum Gasteiger partial charge on any atom is -0.0722 e. The van der Waals surface area contributed by atoms with Gasteiger partial charge in [0, 0.05) is 4.47 Å². The van der Waals surface area contributed by atoms with Crippen LogP contribution in [-0.2, 0) is 4.32 Å². The first kappa shape index (κ1) is 20.1. The zero-order chi connectivity index (χ0) is 16.6. The van der Waals surface area contributed by atoms with Gasteiger partial charge in [-0.2, -0.15) is 0 Å². The van der Waals surface area contributed by atoms with E-state index in [9.17, 15) is 0 Å². The predicted molar refractivity (Wildman–Crippen MR) is 120 cm³/mol. The summed E-state index contributed by atoms with van der Waals surface area (Å²) in [5.41, 5.74) is 2.18. The molecule has 2 aromatic rings. The van der Waals surface area contributed by atoms with Gasteiger partial charge >= 0.3 is 0 Å². The number of halogens is 7. The highest BCUT2D eigenvalue weighted by molar-refractivity contribution is 9.41. The molecule has 1 atom stereocenters. The van der Waals surface area contributed by atoms with Crippen LogP contribution in [0.5, 0.6) is 0 Å². The normalized spacial score (nSPS) is 15.4. The quantitative estimate of drug-likeness (QED) is 0.277. The molecule has 0 saturated carbocycles. The van der Waals surface area contributed by atoms with E-state index in [1.807, 2.05) is 36.4 Å². The van der Waals surface area contributed by atoms with Gasteiger partial charge in [0.15, 0.2) is 2.14 Å². The molecule has 0 fully saturated rings. The molecule has 0 N–H and O–H groups in total. The largest absolute Gasteiger partial charge is 0.161 e. The first-order valence-corrected chi connectivity index (χ1v) is 11.6. The van der Waals surface area contributed by atoms with Crippen LogP contribution in [0.2, 0.25) is 0 Å². The average molecular weight is 749 g/mol. The fraction of sp³-hybridized carbons (Fsp3) is 0.200. The molecular weight excluding hydrogens is 739 g/mol. The van der Waals surface area contributed by atoms with Crippen molar-refractivity contribution in [3.05, 3.63) is 70.2 Å². The van der Waals surface area contributed by atoms with Crippen LogP contribution in [-0.4, -0.2) is 5.38 Å². The first-order chi connectivity index (χ1) is 10.1. The van der Waals surface area contributed by atoms with Crippen LogP contribution < -0.4 is 0 Å². The number of benzene rings is 2. The molecule has 22 heavy (non-hydrogen) atoms. The standard InChI is InChI=1S/C15H9Br7/c16-12-9-5-4-8-11(12)13(17,10-6-2-1-3-7-10)14(18,19)15(20,21)22/h1-9H. The van der Waals surface area contributed by atoms with Gasteiger partial charge in [-0.3, -0.25) is 0 Å². The van der Waals surface area contributed by atoms with Crippen LogP contribution in [0.4, 0.5) is 0 Å². The molecule has 0 heterocycles. The Morgan fingerprint density at radius 2 is 1.14 bits per heavy atom. The van der Waals surface area contributed by atoms with E-state index in [2.05, 4.69) is 130 Å². The zero-order valence-electron chi connectivity index (χ0n) is 10.8. The molecule has 0 bridgehead atoms. The van der Waals surface area contributed by atoms with Crippen molar-refractivity contribution in [1.29, 1.82) is 0 Å². The maximum atomic E-state index is 4.00. The Morgan fingerprint density at radius 3 is 1.64 bits per heavy atom. The summed E-state index contributed by atoms with van der Waals surface area (Å²) in [6, 6.07) is 18.4. The average Bonchev–Trinajstić information content (AvgIpc) is 2.46. The Kier molecular flexibility index (Phi) is 6.93. The monoisotopic (exact) mass is 741 g/mol. The topological polar surface area (TPSA) is 0 Å². The molecule has 0 spiro atoms. The third kappa shape index (κ3) is 3.65. The summed E-state index contributed by atoms with van der Waals surface area (Å²) in [6.07, 6.45) is 0. The predicted octanol–water partition coefficient (Wildman–Crippen LogP) is 8.41. The Balaban J connectivity index is 2.80.